The SMILES string of the molecule is CCc1ncc2c(n1)CN(C(C(N)=O)c1ccccc1)CC2. The van der Waals surface area contributed by atoms with Crippen molar-refractivity contribution in [3.05, 3.63) is 59.2 Å². The first-order chi connectivity index (χ1) is 10.7. The maximum atomic E-state index is 12.0. The van der Waals surface area contributed by atoms with Crippen molar-refractivity contribution in [1.29, 1.82) is 0 Å². The number of carbonyl (C=O) groups excluding carboxylic acids is 1. The normalized spacial score (nSPS) is 16.0. The van der Waals surface area contributed by atoms with Crippen molar-refractivity contribution in [2.75, 3.05) is 6.54 Å². The zero-order valence-corrected chi connectivity index (χ0v) is 12.7. The van der Waals surface area contributed by atoms with Gasteiger partial charge in [0.1, 0.15) is 11.9 Å². The van der Waals surface area contributed by atoms with Gasteiger partial charge in [-0.15, -0.1) is 0 Å². The number of nitrogens with two attached hydrogens (primary N) is 1. The Morgan fingerprint density at radius 3 is 2.82 bits per heavy atom. The summed E-state index contributed by atoms with van der Waals surface area (Å²) in [6, 6.07) is 9.29. The Labute approximate surface area is 130 Å². The van der Waals surface area contributed by atoms with Crippen molar-refractivity contribution in [2.45, 2.75) is 32.4 Å². The first kappa shape index (κ1) is 14.7. The molecular formula is C17H20N4O. The Morgan fingerprint density at radius 1 is 1.36 bits per heavy atom. The molecule has 1 aliphatic heterocycles. The average Bonchev–Trinajstić information content (AvgIpc) is 2.55. The summed E-state index contributed by atoms with van der Waals surface area (Å²) in [4.78, 5) is 23.1. The number of nitrogens with zero attached hydrogens (tertiary/aromatic N) is 3. The molecule has 1 aliphatic rings. The highest BCUT2D eigenvalue weighted by Gasteiger charge is 2.29. The van der Waals surface area contributed by atoms with E-state index in [4.69, 9.17) is 5.73 Å². The Hall–Kier alpha value is -2.27. The van der Waals surface area contributed by atoms with Crippen LogP contribution in [-0.2, 0) is 24.2 Å². The van der Waals surface area contributed by atoms with E-state index in [-0.39, 0.29) is 5.91 Å². The molecule has 2 heterocycles. The molecule has 0 bridgehead atoms. The Bertz CT molecular complexity index is 672. The lowest BCUT2D eigenvalue weighted by Gasteiger charge is -2.33. The maximum Gasteiger partial charge on any atom is 0.239 e. The molecule has 1 aromatic carbocycles. The second-order valence-corrected chi connectivity index (χ2v) is 5.55. The number of hydrogen-bond donors (Lipinski definition) is 1. The van der Waals surface area contributed by atoms with Gasteiger partial charge in [0.15, 0.2) is 0 Å². The van der Waals surface area contributed by atoms with Crippen LogP contribution >= 0.6 is 0 Å². The van der Waals surface area contributed by atoms with Crippen LogP contribution in [0.25, 0.3) is 0 Å². The number of fused-ring (bicyclic) bond motifs is 1. The third-order valence-corrected chi connectivity index (χ3v) is 4.09. The predicted molar refractivity (Wildman–Crippen MR) is 83.9 cm³/mol. The van der Waals surface area contributed by atoms with Crippen LogP contribution < -0.4 is 5.73 Å². The standard InChI is InChI=1S/C17H20N4O/c1-2-15-19-10-13-8-9-21(11-14(13)20-15)16(17(18)22)12-6-4-3-5-7-12/h3-7,10,16H,2,8-9,11H2,1H3,(H2,18,22). The highest BCUT2D eigenvalue weighted by Crippen LogP contribution is 2.26. The van der Waals surface area contributed by atoms with E-state index >= 15 is 0 Å². The van der Waals surface area contributed by atoms with Gasteiger partial charge in [-0.25, -0.2) is 9.97 Å². The van der Waals surface area contributed by atoms with Crippen LogP contribution in [0.4, 0.5) is 0 Å². The van der Waals surface area contributed by atoms with E-state index in [1.807, 2.05) is 43.5 Å². The quantitative estimate of drug-likeness (QED) is 0.930. The van der Waals surface area contributed by atoms with E-state index in [1.54, 1.807) is 0 Å². The van der Waals surface area contributed by atoms with Crippen molar-refractivity contribution in [3.63, 3.8) is 0 Å². The number of primary amides is 1. The monoisotopic (exact) mass is 296 g/mol. The first-order valence-electron chi connectivity index (χ1n) is 7.61. The molecule has 5 heteroatoms. The highest BCUT2D eigenvalue weighted by atomic mass is 16.1. The fourth-order valence-electron chi connectivity index (χ4n) is 2.95. The van der Waals surface area contributed by atoms with Crippen LogP contribution in [0.3, 0.4) is 0 Å². The molecule has 1 atom stereocenters. The van der Waals surface area contributed by atoms with Crippen LogP contribution in [0.5, 0.6) is 0 Å². The van der Waals surface area contributed by atoms with E-state index in [0.717, 1.165) is 36.5 Å². The zero-order chi connectivity index (χ0) is 15.5. The minimum Gasteiger partial charge on any atom is -0.368 e. The number of carbonyl (C=O) groups is 1. The molecule has 0 aliphatic carbocycles. The molecule has 0 radical (unpaired) electrons. The van der Waals surface area contributed by atoms with Gasteiger partial charge >= 0.3 is 0 Å². The topological polar surface area (TPSA) is 72.1 Å². The molecule has 2 aromatic rings. The van der Waals surface area contributed by atoms with Crippen LogP contribution in [0.15, 0.2) is 36.5 Å². The van der Waals surface area contributed by atoms with Gasteiger partial charge < -0.3 is 5.73 Å². The van der Waals surface area contributed by atoms with Crippen molar-refractivity contribution >= 4 is 5.91 Å². The number of hydrogen-bond acceptors (Lipinski definition) is 4. The Kier molecular flexibility index (Phi) is 4.15. The van der Waals surface area contributed by atoms with E-state index in [9.17, 15) is 4.79 Å². The molecule has 1 unspecified atom stereocenters. The van der Waals surface area contributed by atoms with Gasteiger partial charge in [0.2, 0.25) is 5.91 Å². The molecule has 114 valence electrons. The highest BCUT2D eigenvalue weighted by molar-refractivity contribution is 5.81. The van der Waals surface area contributed by atoms with Crippen LogP contribution in [0.1, 0.15) is 35.6 Å². The molecule has 5 nitrogen and oxygen atoms in total. The minimum atomic E-state index is -0.408. The Morgan fingerprint density at radius 2 is 2.14 bits per heavy atom. The molecule has 0 saturated carbocycles. The molecule has 3 rings (SSSR count). The molecular weight excluding hydrogens is 276 g/mol. The summed E-state index contributed by atoms with van der Waals surface area (Å²) in [5, 5.41) is 0. The van der Waals surface area contributed by atoms with Gasteiger partial charge in [0, 0.05) is 25.7 Å². The van der Waals surface area contributed by atoms with E-state index < -0.39 is 6.04 Å². The second-order valence-electron chi connectivity index (χ2n) is 5.55. The van der Waals surface area contributed by atoms with Crippen LogP contribution in [-0.4, -0.2) is 27.3 Å². The number of aryl methyl sites for hydroxylation is 1. The summed E-state index contributed by atoms with van der Waals surface area (Å²) in [5.41, 5.74) is 8.78. The van der Waals surface area contributed by atoms with Crippen LogP contribution in [0, 0.1) is 0 Å². The second kappa shape index (κ2) is 6.23. The summed E-state index contributed by atoms with van der Waals surface area (Å²) < 4.78 is 0. The summed E-state index contributed by atoms with van der Waals surface area (Å²) in [6.07, 6.45) is 3.57. The fourth-order valence-corrected chi connectivity index (χ4v) is 2.95. The van der Waals surface area contributed by atoms with Crippen molar-refractivity contribution in [1.82, 2.24) is 14.9 Å². The van der Waals surface area contributed by atoms with Gasteiger partial charge in [-0.2, -0.15) is 0 Å². The summed E-state index contributed by atoms with van der Waals surface area (Å²) in [6.45, 7) is 3.45. The molecule has 0 fully saturated rings. The predicted octanol–water partition coefficient (Wildman–Crippen LogP) is 1.62. The third kappa shape index (κ3) is 2.85. The van der Waals surface area contributed by atoms with E-state index in [0.29, 0.717) is 6.54 Å². The number of aromatic nitrogens is 2. The van der Waals surface area contributed by atoms with E-state index in [1.165, 1.54) is 5.56 Å². The van der Waals surface area contributed by atoms with Crippen molar-refractivity contribution < 1.29 is 4.79 Å². The van der Waals surface area contributed by atoms with Gasteiger partial charge in [0.25, 0.3) is 0 Å². The van der Waals surface area contributed by atoms with Crippen LogP contribution in [0.2, 0.25) is 0 Å². The van der Waals surface area contributed by atoms with Gasteiger partial charge in [-0.3, -0.25) is 9.69 Å². The molecule has 0 saturated heterocycles. The van der Waals surface area contributed by atoms with Crippen molar-refractivity contribution in [2.24, 2.45) is 5.73 Å². The number of amides is 1. The van der Waals surface area contributed by atoms with Gasteiger partial charge in [-0.1, -0.05) is 37.3 Å². The lowest BCUT2D eigenvalue weighted by molar-refractivity contribution is -0.123. The number of rotatable bonds is 4. The zero-order valence-electron chi connectivity index (χ0n) is 12.7. The molecule has 2 N–H and O–H groups in total. The molecule has 1 amide bonds. The largest absolute Gasteiger partial charge is 0.368 e. The lowest BCUT2D eigenvalue weighted by Crippen LogP contribution is -2.41. The number of benzene rings is 1. The first-order valence-corrected chi connectivity index (χ1v) is 7.61. The van der Waals surface area contributed by atoms with Gasteiger partial charge in [0.05, 0.1) is 5.69 Å². The Balaban J connectivity index is 1.89. The summed E-state index contributed by atoms with van der Waals surface area (Å²) in [7, 11) is 0. The average molecular weight is 296 g/mol. The molecule has 1 aromatic heterocycles. The maximum absolute atomic E-state index is 12.0. The fraction of sp³-hybridized carbons (Fsp3) is 0.353. The lowest BCUT2D eigenvalue weighted by atomic mass is 10.00. The summed E-state index contributed by atoms with van der Waals surface area (Å²) in [5.74, 6) is 0.523. The van der Waals surface area contributed by atoms with Gasteiger partial charge in [-0.05, 0) is 17.5 Å². The summed E-state index contributed by atoms with van der Waals surface area (Å²) >= 11 is 0. The van der Waals surface area contributed by atoms with E-state index in [2.05, 4.69) is 14.9 Å². The third-order valence-electron chi connectivity index (χ3n) is 4.09. The molecule has 22 heavy (non-hydrogen) atoms. The van der Waals surface area contributed by atoms with Crippen molar-refractivity contribution in [3.8, 4) is 0 Å². The minimum absolute atomic E-state index is 0.320. The molecule has 0 spiro atoms. The smallest absolute Gasteiger partial charge is 0.239 e.